The minimum atomic E-state index is 0.261. The molecule has 4 rings (SSSR count). The maximum absolute atomic E-state index is 12.5. The van der Waals surface area contributed by atoms with Crippen molar-refractivity contribution in [3.8, 4) is 5.69 Å². The molecule has 24 heavy (non-hydrogen) atoms. The quantitative estimate of drug-likeness (QED) is 0.791. The first kappa shape index (κ1) is 15.2. The van der Waals surface area contributed by atoms with Crippen molar-refractivity contribution in [2.75, 3.05) is 7.05 Å². The lowest BCUT2D eigenvalue weighted by atomic mass is 9.90. The Kier molecular flexibility index (Phi) is 3.97. The van der Waals surface area contributed by atoms with E-state index in [1.807, 2.05) is 41.0 Å². The zero-order chi connectivity index (χ0) is 16.5. The molecule has 0 N–H and O–H groups in total. The van der Waals surface area contributed by atoms with Crippen molar-refractivity contribution in [2.24, 2.45) is 17.8 Å². The smallest absolute Gasteiger partial charge is 0.222 e. The third-order valence-electron chi connectivity index (χ3n) is 5.40. The standard InChI is InChI=1S/C20H23N3O/c1-22(20(24)13-18-12-16-3-6-17(18)11-16)14-15-4-7-19(8-5-15)23-10-2-9-21-23/h2-10,16-18H,11-14H2,1H3/t16-,17+,18+/m1/s1. The van der Waals surface area contributed by atoms with Crippen LogP contribution in [0.25, 0.3) is 5.69 Å². The van der Waals surface area contributed by atoms with E-state index in [0.717, 1.165) is 17.2 Å². The number of hydrogen-bond acceptors (Lipinski definition) is 2. The topological polar surface area (TPSA) is 38.1 Å². The van der Waals surface area contributed by atoms with E-state index in [9.17, 15) is 4.79 Å². The first-order chi connectivity index (χ1) is 11.7. The van der Waals surface area contributed by atoms with Gasteiger partial charge < -0.3 is 4.90 Å². The molecule has 2 aliphatic carbocycles. The predicted octanol–water partition coefficient (Wildman–Crippen LogP) is 3.43. The van der Waals surface area contributed by atoms with Crippen LogP contribution in [0.1, 0.15) is 24.8 Å². The predicted molar refractivity (Wildman–Crippen MR) is 93.5 cm³/mol. The number of amides is 1. The Labute approximate surface area is 142 Å². The van der Waals surface area contributed by atoms with Gasteiger partial charge in [0.2, 0.25) is 5.91 Å². The van der Waals surface area contributed by atoms with Crippen LogP contribution in [0.3, 0.4) is 0 Å². The van der Waals surface area contributed by atoms with Gasteiger partial charge in [-0.2, -0.15) is 5.10 Å². The molecule has 2 aromatic rings. The molecular formula is C20H23N3O. The molecule has 1 saturated carbocycles. The van der Waals surface area contributed by atoms with Gasteiger partial charge in [-0.3, -0.25) is 4.79 Å². The Hall–Kier alpha value is -2.36. The molecular weight excluding hydrogens is 298 g/mol. The van der Waals surface area contributed by atoms with E-state index >= 15 is 0 Å². The summed E-state index contributed by atoms with van der Waals surface area (Å²) in [7, 11) is 1.91. The van der Waals surface area contributed by atoms with Gasteiger partial charge in [-0.15, -0.1) is 0 Å². The molecule has 0 spiro atoms. The number of hydrogen-bond donors (Lipinski definition) is 0. The summed E-state index contributed by atoms with van der Waals surface area (Å²) in [5.74, 6) is 2.18. The van der Waals surface area contributed by atoms with E-state index in [-0.39, 0.29) is 5.91 Å². The fraction of sp³-hybridized carbons (Fsp3) is 0.400. The van der Waals surface area contributed by atoms with Crippen LogP contribution in [0.15, 0.2) is 54.9 Å². The molecule has 4 nitrogen and oxygen atoms in total. The number of carbonyl (C=O) groups excluding carboxylic acids is 1. The molecule has 2 aliphatic rings. The molecule has 0 saturated heterocycles. The molecule has 1 aromatic carbocycles. The Bertz CT molecular complexity index is 733. The SMILES string of the molecule is CN(Cc1ccc(-n2cccn2)cc1)C(=O)C[C@@H]1C[C@@H]2C=C[C@H]1C2. The zero-order valence-corrected chi connectivity index (χ0v) is 14.0. The van der Waals surface area contributed by atoms with Crippen LogP contribution in [0.4, 0.5) is 0 Å². The van der Waals surface area contributed by atoms with Crippen LogP contribution in [0, 0.1) is 17.8 Å². The minimum Gasteiger partial charge on any atom is -0.341 e. The summed E-state index contributed by atoms with van der Waals surface area (Å²) in [5.41, 5.74) is 2.18. The number of aromatic nitrogens is 2. The van der Waals surface area contributed by atoms with Gasteiger partial charge in [0, 0.05) is 32.4 Å². The van der Waals surface area contributed by atoms with E-state index in [2.05, 4.69) is 29.4 Å². The van der Waals surface area contributed by atoms with Gasteiger partial charge in [-0.1, -0.05) is 24.3 Å². The maximum atomic E-state index is 12.5. The molecule has 1 fully saturated rings. The summed E-state index contributed by atoms with van der Waals surface area (Å²) in [5, 5.41) is 4.23. The van der Waals surface area contributed by atoms with Gasteiger partial charge in [0.05, 0.1) is 5.69 Å². The van der Waals surface area contributed by atoms with Crippen molar-refractivity contribution < 1.29 is 4.79 Å². The molecule has 4 heteroatoms. The van der Waals surface area contributed by atoms with Crippen molar-refractivity contribution >= 4 is 5.91 Å². The normalized spacial score (nSPS) is 24.5. The van der Waals surface area contributed by atoms with Gasteiger partial charge >= 0.3 is 0 Å². The molecule has 0 radical (unpaired) electrons. The molecule has 124 valence electrons. The summed E-state index contributed by atoms with van der Waals surface area (Å²) in [6.07, 6.45) is 11.5. The lowest BCUT2D eigenvalue weighted by molar-refractivity contribution is -0.131. The summed E-state index contributed by atoms with van der Waals surface area (Å²) in [6, 6.07) is 10.1. The van der Waals surface area contributed by atoms with Gasteiger partial charge in [-0.05, 0) is 54.4 Å². The molecule has 2 bridgehead atoms. The number of carbonyl (C=O) groups is 1. The Morgan fingerprint density at radius 1 is 1.25 bits per heavy atom. The van der Waals surface area contributed by atoms with E-state index in [1.165, 1.54) is 12.8 Å². The summed E-state index contributed by atoms with van der Waals surface area (Å²) >= 11 is 0. The second-order valence-corrected chi connectivity index (χ2v) is 7.11. The Morgan fingerprint density at radius 3 is 2.71 bits per heavy atom. The minimum absolute atomic E-state index is 0.261. The third-order valence-corrected chi connectivity index (χ3v) is 5.40. The molecule has 1 amide bonds. The number of allylic oxidation sites excluding steroid dienone is 2. The monoisotopic (exact) mass is 321 g/mol. The highest BCUT2D eigenvalue weighted by Gasteiger charge is 2.36. The third kappa shape index (κ3) is 3.01. The molecule has 0 aliphatic heterocycles. The Morgan fingerprint density at radius 2 is 2.08 bits per heavy atom. The van der Waals surface area contributed by atoms with Crippen LogP contribution >= 0.6 is 0 Å². The van der Waals surface area contributed by atoms with Gasteiger partial charge in [0.25, 0.3) is 0 Å². The van der Waals surface area contributed by atoms with Crippen LogP contribution in [-0.2, 0) is 11.3 Å². The molecule has 3 atom stereocenters. The maximum Gasteiger partial charge on any atom is 0.222 e. The number of benzene rings is 1. The van der Waals surface area contributed by atoms with Crippen LogP contribution in [0.5, 0.6) is 0 Å². The Balaban J connectivity index is 1.34. The van der Waals surface area contributed by atoms with E-state index in [1.54, 1.807) is 6.20 Å². The highest BCUT2D eigenvalue weighted by molar-refractivity contribution is 5.76. The molecule has 0 unspecified atom stereocenters. The van der Waals surface area contributed by atoms with E-state index in [0.29, 0.717) is 24.8 Å². The zero-order valence-electron chi connectivity index (χ0n) is 14.0. The van der Waals surface area contributed by atoms with Crippen LogP contribution in [0.2, 0.25) is 0 Å². The summed E-state index contributed by atoms with van der Waals surface area (Å²) < 4.78 is 1.83. The highest BCUT2D eigenvalue weighted by atomic mass is 16.2. The second kappa shape index (κ2) is 6.27. The van der Waals surface area contributed by atoms with E-state index < -0.39 is 0 Å². The average molecular weight is 321 g/mol. The first-order valence-electron chi connectivity index (χ1n) is 8.70. The van der Waals surface area contributed by atoms with Crippen molar-refractivity contribution in [3.63, 3.8) is 0 Å². The van der Waals surface area contributed by atoms with Gasteiger partial charge in [-0.25, -0.2) is 4.68 Å². The molecule has 1 heterocycles. The van der Waals surface area contributed by atoms with Crippen molar-refractivity contribution in [3.05, 3.63) is 60.4 Å². The number of rotatable bonds is 5. The number of nitrogens with zero attached hydrogens (tertiary/aromatic N) is 3. The largest absolute Gasteiger partial charge is 0.341 e. The second-order valence-electron chi connectivity index (χ2n) is 7.11. The fourth-order valence-corrected chi connectivity index (χ4v) is 4.05. The average Bonchev–Trinajstić information content (AvgIpc) is 3.33. The summed E-state index contributed by atoms with van der Waals surface area (Å²) in [4.78, 5) is 14.4. The fourth-order valence-electron chi connectivity index (χ4n) is 4.05. The summed E-state index contributed by atoms with van der Waals surface area (Å²) in [6.45, 7) is 0.662. The molecule has 1 aromatic heterocycles. The lowest BCUT2D eigenvalue weighted by Gasteiger charge is -2.22. The lowest BCUT2D eigenvalue weighted by Crippen LogP contribution is -2.28. The van der Waals surface area contributed by atoms with Gasteiger partial charge in [0.15, 0.2) is 0 Å². The van der Waals surface area contributed by atoms with Crippen molar-refractivity contribution in [1.82, 2.24) is 14.7 Å². The first-order valence-corrected chi connectivity index (χ1v) is 8.70. The van der Waals surface area contributed by atoms with Crippen molar-refractivity contribution in [2.45, 2.75) is 25.8 Å². The van der Waals surface area contributed by atoms with Crippen LogP contribution in [-0.4, -0.2) is 27.6 Å². The highest BCUT2D eigenvalue weighted by Crippen LogP contribution is 2.45. The number of fused-ring (bicyclic) bond motifs is 2. The van der Waals surface area contributed by atoms with E-state index in [4.69, 9.17) is 0 Å². The van der Waals surface area contributed by atoms with Crippen LogP contribution < -0.4 is 0 Å². The van der Waals surface area contributed by atoms with Gasteiger partial charge in [0.1, 0.15) is 0 Å². The van der Waals surface area contributed by atoms with Crippen molar-refractivity contribution in [1.29, 1.82) is 0 Å².